The second-order valence-corrected chi connectivity index (χ2v) is 5.27. The Morgan fingerprint density at radius 3 is 2.74 bits per heavy atom. The fourth-order valence-electron chi connectivity index (χ4n) is 2.71. The van der Waals surface area contributed by atoms with Gasteiger partial charge in [0.2, 0.25) is 0 Å². The van der Waals surface area contributed by atoms with E-state index >= 15 is 0 Å². The van der Waals surface area contributed by atoms with E-state index in [2.05, 4.69) is 39.9 Å². The van der Waals surface area contributed by atoms with Crippen LogP contribution in [0.25, 0.3) is 0 Å². The molecule has 0 aliphatic carbocycles. The molecule has 1 aliphatic heterocycles. The highest BCUT2D eigenvalue weighted by molar-refractivity contribution is 5.15. The van der Waals surface area contributed by atoms with Crippen LogP contribution in [0.1, 0.15) is 24.1 Å². The molecule has 0 atom stereocenters. The maximum absolute atomic E-state index is 4.23. The van der Waals surface area contributed by atoms with Crippen LogP contribution < -0.4 is 5.32 Å². The molecule has 4 nitrogen and oxygen atoms in total. The van der Waals surface area contributed by atoms with Crippen molar-refractivity contribution in [1.29, 1.82) is 0 Å². The van der Waals surface area contributed by atoms with Crippen LogP contribution in [0.4, 0.5) is 0 Å². The molecule has 2 aromatic rings. The quantitative estimate of drug-likeness (QED) is 0.908. The first-order valence-corrected chi connectivity index (χ1v) is 7.04. The average molecular weight is 256 g/mol. The lowest BCUT2D eigenvalue weighted by Gasteiger charge is -2.22. The first-order valence-electron chi connectivity index (χ1n) is 7.04. The minimum absolute atomic E-state index is 0.772. The van der Waals surface area contributed by atoms with E-state index < -0.39 is 0 Å². The van der Waals surface area contributed by atoms with Crippen molar-refractivity contribution >= 4 is 0 Å². The van der Waals surface area contributed by atoms with Crippen molar-refractivity contribution in [1.82, 2.24) is 20.3 Å². The number of rotatable bonds is 4. The molecule has 4 heteroatoms. The van der Waals surface area contributed by atoms with E-state index in [1.54, 1.807) is 0 Å². The van der Waals surface area contributed by atoms with Gasteiger partial charge in [-0.3, -0.25) is 0 Å². The summed E-state index contributed by atoms with van der Waals surface area (Å²) in [5.74, 6) is 0.772. The predicted octanol–water partition coefficient (Wildman–Crippen LogP) is 1.87. The van der Waals surface area contributed by atoms with Gasteiger partial charge in [0, 0.05) is 0 Å². The summed E-state index contributed by atoms with van der Waals surface area (Å²) in [4.78, 5) is 0. The Hall–Kier alpha value is -1.68. The summed E-state index contributed by atoms with van der Waals surface area (Å²) in [6.45, 7) is 3.11. The largest absolute Gasteiger partial charge is 0.317 e. The van der Waals surface area contributed by atoms with Gasteiger partial charge < -0.3 is 5.32 Å². The molecule has 0 spiro atoms. The number of benzene rings is 1. The summed E-state index contributed by atoms with van der Waals surface area (Å²) in [6.07, 6.45) is 5.54. The first-order chi connectivity index (χ1) is 9.42. The smallest absolute Gasteiger partial charge is 0.0725 e. The van der Waals surface area contributed by atoms with E-state index in [4.69, 9.17) is 0 Å². The molecule has 1 fully saturated rings. The molecule has 1 aromatic carbocycles. The van der Waals surface area contributed by atoms with Crippen LogP contribution in [0.5, 0.6) is 0 Å². The first kappa shape index (κ1) is 12.4. The molecular formula is C15H20N4. The lowest BCUT2D eigenvalue weighted by molar-refractivity contribution is 0.364. The molecule has 0 amide bonds. The van der Waals surface area contributed by atoms with E-state index in [0.29, 0.717) is 0 Å². The van der Waals surface area contributed by atoms with Crippen molar-refractivity contribution in [2.45, 2.75) is 25.8 Å². The summed E-state index contributed by atoms with van der Waals surface area (Å²) in [6, 6.07) is 10.4. The second-order valence-electron chi connectivity index (χ2n) is 5.27. The van der Waals surface area contributed by atoms with Gasteiger partial charge in [0.15, 0.2) is 0 Å². The van der Waals surface area contributed by atoms with Gasteiger partial charge in [-0.05, 0) is 43.8 Å². The Morgan fingerprint density at radius 2 is 1.95 bits per heavy atom. The summed E-state index contributed by atoms with van der Waals surface area (Å²) in [7, 11) is 0. The van der Waals surface area contributed by atoms with E-state index in [1.807, 2.05) is 16.9 Å². The van der Waals surface area contributed by atoms with E-state index in [-0.39, 0.29) is 0 Å². The van der Waals surface area contributed by atoms with Crippen molar-refractivity contribution in [3.05, 3.63) is 47.8 Å². The number of nitrogens with zero attached hydrogens (tertiary/aromatic N) is 3. The van der Waals surface area contributed by atoms with Crippen LogP contribution >= 0.6 is 0 Å². The Morgan fingerprint density at radius 1 is 1.16 bits per heavy atom. The highest BCUT2D eigenvalue weighted by Crippen LogP contribution is 2.17. The molecule has 0 bridgehead atoms. The SMILES string of the molecule is c1ccc(Cn2nncc2CC2CCNCC2)cc1. The van der Waals surface area contributed by atoms with Gasteiger partial charge >= 0.3 is 0 Å². The average Bonchev–Trinajstić information content (AvgIpc) is 2.88. The molecule has 1 aromatic heterocycles. The Labute approximate surface area is 113 Å². The summed E-state index contributed by atoms with van der Waals surface area (Å²) < 4.78 is 2.04. The van der Waals surface area contributed by atoms with Gasteiger partial charge in [0.25, 0.3) is 0 Å². The zero-order chi connectivity index (χ0) is 12.9. The van der Waals surface area contributed by atoms with Crippen molar-refractivity contribution in [3.63, 3.8) is 0 Å². The van der Waals surface area contributed by atoms with E-state index in [9.17, 15) is 0 Å². The molecule has 1 aliphatic rings. The molecule has 0 radical (unpaired) electrons. The standard InChI is InChI=1S/C15H20N4/c1-2-4-14(5-3-1)12-19-15(11-17-18-19)10-13-6-8-16-9-7-13/h1-5,11,13,16H,6-10,12H2. The number of piperidine rings is 1. The van der Waals surface area contributed by atoms with Crippen LogP contribution in [0.3, 0.4) is 0 Å². The molecule has 19 heavy (non-hydrogen) atoms. The molecule has 0 unspecified atom stereocenters. The normalized spacial score (nSPS) is 16.6. The van der Waals surface area contributed by atoms with Crippen LogP contribution in [0.2, 0.25) is 0 Å². The highest BCUT2D eigenvalue weighted by atomic mass is 15.4. The summed E-state index contributed by atoms with van der Waals surface area (Å²) in [5, 5.41) is 11.7. The molecule has 0 saturated carbocycles. The van der Waals surface area contributed by atoms with Crippen molar-refractivity contribution < 1.29 is 0 Å². The minimum Gasteiger partial charge on any atom is -0.317 e. The van der Waals surface area contributed by atoms with Gasteiger partial charge in [-0.15, -0.1) is 5.10 Å². The van der Waals surface area contributed by atoms with Gasteiger partial charge in [-0.25, -0.2) is 4.68 Å². The molecule has 1 saturated heterocycles. The summed E-state index contributed by atoms with van der Waals surface area (Å²) in [5.41, 5.74) is 2.54. The second kappa shape index (κ2) is 5.97. The third-order valence-corrected chi connectivity index (χ3v) is 3.83. The van der Waals surface area contributed by atoms with Crippen LogP contribution in [0, 0.1) is 5.92 Å². The Balaban J connectivity index is 1.68. The van der Waals surface area contributed by atoms with Crippen LogP contribution in [0.15, 0.2) is 36.5 Å². The van der Waals surface area contributed by atoms with Crippen LogP contribution in [-0.2, 0) is 13.0 Å². The lowest BCUT2D eigenvalue weighted by Crippen LogP contribution is -2.29. The van der Waals surface area contributed by atoms with Crippen molar-refractivity contribution in [2.75, 3.05) is 13.1 Å². The number of hydrogen-bond donors (Lipinski definition) is 1. The fourth-order valence-corrected chi connectivity index (χ4v) is 2.71. The number of hydrogen-bond acceptors (Lipinski definition) is 3. The van der Waals surface area contributed by atoms with Gasteiger partial charge in [0.1, 0.15) is 0 Å². The third-order valence-electron chi connectivity index (χ3n) is 3.83. The highest BCUT2D eigenvalue weighted by Gasteiger charge is 2.16. The molecular weight excluding hydrogens is 236 g/mol. The van der Waals surface area contributed by atoms with Gasteiger partial charge in [-0.2, -0.15) is 0 Å². The predicted molar refractivity (Wildman–Crippen MR) is 74.9 cm³/mol. The maximum atomic E-state index is 4.23. The molecule has 2 heterocycles. The van der Waals surface area contributed by atoms with Crippen molar-refractivity contribution in [2.24, 2.45) is 5.92 Å². The fraction of sp³-hybridized carbons (Fsp3) is 0.467. The van der Waals surface area contributed by atoms with Gasteiger partial charge in [0.05, 0.1) is 18.4 Å². The Kier molecular flexibility index (Phi) is 3.89. The summed E-state index contributed by atoms with van der Waals surface area (Å²) >= 11 is 0. The zero-order valence-electron chi connectivity index (χ0n) is 11.1. The third kappa shape index (κ3) is 3.20. The van der Waals surface area contributed by atoms with E-state index in [0.717, 1.165) is 32.0 Å². The van der Waals surface area contributed by atoms with Gasteiger partial charge in [-0.1, -0.05) is 35.5 Å². The van der Waals surface area contributed by atoms with E-state index in [1.165, 1.54) is 24.1 Å². The van der Waals surface area contributed by atoms with Crippen molar-refractivity contribution in [3.8, 4) is 0 Å². The maximum Gasteiger partial charge on any atom is 0.0725 e. The topological polar surface area (TPSA) is 42.7 Å². The monoisotopic (exact) mass is 256 g/mol. The lowest BCUT2D eigenvalue weighted by atomic mass is 9.93. The minimum atomic E-state index is 0.772. The molecule has 1 N–H and O–H groups in total. The zero-order valence-corrected chi connectivity index (χ0v) is 11.1. The van der Waals surface area contributed by atoms with Crippen LogP contribution in [-0.4, -0.2) is 28.1 Å². The number of nitrogens with one attached hydrogen (secondary N) is 1. The molecule has 100 valence electrons. The number of aromatic nitrogens is 3. The molecule has 3 rings (SSSR count). The Bertz CT molecular complexity index is 500.